The van der Waals surface area contributed by atoms with E-state index in [1.165, 1.54) is 0 Å². The number of hydrogen-bond donors (Lipinski definition) is 0. The van der Waals surface area contributed by atoms with Crippen LogP contribution in [0.3, 0.4) is 0 Å². The number of rotatable bonds is 7. The standard InChI is InChI=1S/C10H17F2NO/c1-3-5-13(6-4-2)8-9(14)7-10(11)12/h7H,3-6,8H2,1-2H3. The summed E-state index contributed by atoms with van der Waals surface area (Å²) in [4.78, 5) is 12.9. The molecule has 0 saturated carbocycles. The Labute approximate surface area is 83.6 Å². The van der Waals surface area contributed by atoms with E-state index >= 15 is 0 Å². The molecule has 0 spiro atoms. The number of carbonyl (C=O) groups excluding carboxylic acids is 1. The largest absolute Gasteiger partial charge is 0.296 e. The van der Waals surface area contributed by atoms with Crippen LogP contribution in [-0.4, -0.2) is 30.3 Å². The number of halogens is 2. The fraction of sp³-hybridized carbons (Fsp3) is 0.700. The summed E-state index contributed by atoms with van der Waals surface area (Å²) in [7, 11) is 0. The lowest BCUT2D eigenvalue weighted by Gasteiger charge is -2.18. The van der Waals surface area contributed by atoms with Gasteiger partial charge in [0.1, 0.15) is 0 Å². The van der Waals surface area contributed by atoms with Gasteiger partial charge in [0, 0.05) is 6.08 Å². The van der Waals surface area contributed by atoms with E-state index in [0.717, 1.165) is 25.9 Å². The maximum atomic E-state index is 11.7. The first kappa shape index (κ1) is 13.2. The van der Waals surface area contributed by atoms with Gasteiger partial charge in [-0.2, -0.15) is 8.78 Å². The van der Waals surface area contributed by atoms with Gasteiger partial charge in [-0.25, -0.2) is 0 Å². The lowest BCUT2D eigenvalue weighted by Crippen LogP contribution is -2.30. The molecule has 0 fully saturated rings. The molecule has 14 heavy (non-hydrogen) atoms. The van der Waals surface area contributed by atoms with Crippen molar-refractivity contribution in [3.63, 3.8) is 0 Å². The second-order valence-corrected chi connectivity index (χ2v) is 3.18. The summed E-state index contributed by atoms with van der Waals surface area (Å²) >= 11 is 0. The highest BCUT2D eigenvalue weighted by Crippen LogP contribution is 1.99. The third kappa shape index (κ3) is 6.71. The topological polar surface area (TPSA) is 20.3 Å². The monoisotopic (exact) mass is 205 g/mol. The lowest BCUT2D eigenvalue weighted by molar-refractivity contribution is -0.115. The molecular formula is C10H17F2NO. The highest BCUT2D eigenvalue weighted by molar-refractivity contribution is 5.91. The first-order valence-electron chi connectivity index (χ1n) is 4.88. The third-order valence-electron chi connectivity index (χ3n) is 1.73. The second kappa shape index (κ2) is 7.62. The van der Waals surface area contributed by atoms with Gasteiger partial charge in [0.2, 0.25) is 0 Å². The molecule has 0 amide bonds. The van der Waals surface area contributed by atoms with E-state index in [2.05, 4.69) is 0 Å². The quantitative estimate of drug-likeness (QED) is 0.595. The molecule has 0 bridgehead atoms. The molecule has 0 saturated heterocycles. The highest BCUT2D eigenvalue weighted by atomic mass is 19.3. The number of hydrogen-bond acceptors (Lipinski definition) is 2. The predicted molar refractivity (Wildman–Crippen MR) is 52.3 cm³/mol. The molecule has 0 aromatic carbocycles. The second-order valence-electron chi connectivity index (χ2n) is 3.18. The number of carbonyl (C=O) groups is 1. The van der Waals surface area contributed by atoms with Crippen molar-refractivity contribution >= 4 is 5.78 Å². The summed E-state index contributed by atoms with van der Waals surface area (Å²) in [6, 6.07) is 0. The van der Waals surface area contributed by atoms with Crippen molar-refractivity contribution in [2.75, 3.05) is 19.6 Å². The summed E-state index contributed by atoms with van der Waals surface area (Å²) in [5.74, 6) is -0.521. The van der Waals surface area contributed by atoms with Crippen molar-refractivity contribution in [2.24, 2.45) is 0 Å². The number of nitrogens with zero attached hydrogens (tertiary/aromatic N) is 1. The molecule has 0 atom stereocenters. The van der Waals surface area contributed by atoms with Gasteiger partial charge >= 0.3 is 0 Å². The van der Waals surface area contributed by atoms with Crippen molar-refractivity contribution in [2.45, 2.75) is 26.7 Å². The van der Waals surface area contributed by atoms with Crippen LogP contribution in [0.25, 0.3) is 0 Å². The first-order valence-corrected chi connectivity index (χ1v) is 4.88. The van der Waals surface area contributed by atoms with Crippen LogP contribution in [0.5, 0.6) is 0 Å². The molecule has 0 aromatic rings. The van der Waals surface area contributed by atoms with E-state index in [1.807, 2.05) is 18.7 Å². The van der Waals surface area contributed by atoms with Gasteiger partial charge in [-0.3, -0.25) is 9.69 Å². The van der Waals surface area contributed by atoms with Crippen LogP contribution in [0.4, 0.5) is 8.78 Å². The summed E-state index contributed by atoms with van der Waals surface area (Å²) in [5, 5.41) is 0. The fourth-order valence-electron chi connectivity index (χ4n) is 1.29. The minimum Gasteiger partial charge on any atom is -0.296 e. The molecule has 0 N–H and O–H groups in total. The molecule has 0 aliphatic heterocycles. The van der Waals surface area contributed by atoms with E-state index < -0.39 is 11.9 Å². The zero-order valence-electron chi connectivity index (χ0n) is 8.72. The molecule has 4 heteroatoms. The van der Waals surface area contributed by atoms with Crippen molar-refractivity contribution < 1.29 is 13.6 Å². The Morgan fingerprint density at radius 3 is 2.07 bits per heavy atom. The van der Waals surface area contributed by atoms with Crippen LogP contribution < -0.4 is 0 Å². The van der Waals surface area contributed by atoms with E-state index in [4.69, 9.17) is 0 Å². The zero-order chi connectivity index (χ0) is 11.0. The molecule has 0 rings (SSSR count). The Morgan fingerprint density at radius 2 is 1.71 bits per heavy atom. The molecule has 82 valence electrons. The van der Waals surface area contributed by atoms with E-state index in [9.17, 15) is 13.6 Å². The first-order chi connectivity index (χ1) is 6.60. The third-order valence-corrected chi connectivity index (χ3v) is 1.73. The summed E-state index contributed by atoms with van der Waals surface area (Å²) in [6.07, 6.45) is 0.339. The fourth-order valence-corrected chi connectivity index (χ4v) is 1.29. The zero-order valence-corrected chi connectivity index (χ0v) is 8.72. The molecule has 0 aliphatic carbocycles. The van der Waals surface area contributed by atoms with Crippen LogP contribution in [-0.2, 0) is 4.79 Å². The molecule has 0 aromatic heterocycles. The SMILES string of the molecule is CCCN(CCC)CC(=O)C=C(F)F. The molecule has 0 aliphatic rings. The summed E-state index contributed by atoms with van der Waals surface area (Å²) in [5.41, 5.74) is 0. The minimum absolute atomic E-state index is 0.0962. The van der Waals surface area contributed by atoms with Gasteiger partial charge < -0.3 is 0 Å². The average Bonchev–Trinajstić information content (AvgIpc) is 2.03. The van der Waals surface area contributed by atoms with Gasteiger partial charge in [-0.15, -0.1) is 0 Å². The molecular weight excluding hydrogens is 188 g/mol. The number of ketones is 1. The van der Waals surface area contributed by atoms with E-state index in [0.29, 0.717) is 6.08 Å². The van der Waals surface area contributed by atoms with Crippen molar-refractivity contribution in [3.8, 4) is 0 Å². The van der Waals surface area contributed by atoms with Crippen molar-refractivity contribution in [1.82, 2.24) is 4.90 Å². The average molecular weight is 205 g/mol. The molecule has 0 radical (unpaired) electrons. The summed E-state index contributed by atoms with van der Waals surface area (Å²) in [6.45, 7) is 5.65. The van der Waals surface area contributed by atoms with Gasteiger partial charge in [0.15, 0.2) is 5.78 Å². The highest BCUT2D eigenvalue weighted by Gasteiger charge is 2.08. The Balaban J connectivity index is 4.01. The Kier molecular flexibility index (Phi) is 7.20. The molecule has 2 nitrogen and oxygen atoms in total. The molecule has 0 unspecified atom stereocenters. The van der Waals surface area contributed by atoms with Gasteiger partial charge in [0.05, 0.1) is 6.54 Å². The Morgan fingerprint density at radius 1 is 1.21 bits per heavy atom. The van der Waals surface area contributed by atoms with Crippen LogP contribution in [0.1, 0.15) is 26.7 Å². The Bertz CT molecular complexity index is 194. The Hall–Kier alpha value is -0.770. The van der Waals surface area contributed by atoms with Gasteiger partial charge in [-0.05, 0) is 25.9 Å². The van der Waals surface area contributed by atoms with E-state index in [-0.39, 0.29) is 6.54 Å². The van der Waals surface area contributed by atoms with Gasteiger partial charge in [-0.1, -0.05) is 13.8 Å². The maximum absolute atomic E-state index is 11.7. The smallest absolute Gasteiger partial charge is 0.273 e. The van der Waals surface area contributed by atoms with Crippen LogP contribution in [0.2, 0.25) is 0 Å². The predicted octanol–water partition coefficient (Wildman–Crippen LogP) is 2.46. The van der Waals surface area contributed by atoms with Gasteiger partial charge in [0.25, 0.3) is 6.08 Å². The molecule has 0 heterocycles. The van der Waals surface area contributed by atoms with Crippen LogP contribution in [0.15, 0.2) is 12.2 Å². The van der Waals surface area contributed by atoms with Crippen molar-refractivity contribution in [3.05, 3.63) is 12.2 Å². The van der Waals surface area contributed by atoms with E-state index in [1.54, 1.807) is 0 Å². The normalized spacial score (nSPS) is 10.4. The van der Waals surface area contributed by atoms with Crippen molar-refractivity contribution in [1.29, 1.82) is 0 Å². The lowest BCUT2D eigenvalue weighted by atomic mass is 10.3. The van der Waals surface area contributed by atoms with Crippen LogP contribution in [0, 0.1) is 0 Å². The maximum Gasteiger partial charge on any atom is 0.273 e. The minimum atomic E-state index is -1.91. The van der Waals surface area contributed by atoms with Crippen LogP contribution >= 0.6 is 0 Å². The summed E-state index contributed by atoms with van der Waals surface area (Å²) < 4.78 is 23.5.